The molecule has 2 amide bonds. The van der Waals surface area contributed by atoms with Crippen molar-refractivity contribution >= 4 is 35.3 Å². The molecule has 266 valence electrons. The maximum atomic E-state index is 14.2. The second-order valence-corrected chi connectivity index (χ2v) is 13.8. The number of aliphatic carboxylic acids is 1. The average molecular weight is 710 g/mol. The number of hydrogen-bond acceptors (Lipinski definition) is 7. The minimum atomic E-state index is -0.985. The minimum absolute atomic E-state index is 0.0262. The molecule has 0 aliphatic carbocycles. The van der Waals surface area contributed by atoms with Gasteiger partial charge in [0.15, 0.2) is 0 Å². The van der Waals surface area contributed by atoms with Gasteiger partial charge in [0.1, 0.15) is 5.75 Å². The van der Waals surface area contributed by atoms with Crippen molar-refractivity contribution in [2.45, 2.75) is 57.5 Å². The largest absolute Gasteiger partial charge is 0.496 e. The molecule has 0 radical (unpaired) electrons. The lowest BCUT2D eigenvalue weighted by Gasteiger charge is -2.30. The number of hydrogen-bond donors (Lipinski definition) is 1. The van der Waals surface area contributed by atoms with E-state index in [1.54, 1.807) is 30.3 Å². The van der Waals surface area contributed by atoms with Crippen molar-refractivity contribution in [3.05, 3.63) is 118 Å². The zero-order valence-electron chi connectivity index (χ0n) is 28.9. The number of aromatic nitrogens is 2. The molecule has 3 heterocycles. The lowest BCUT2D eigenvalue weighted by molar-refractivity contribution is -0.137. The number of halogens is 1. The summed E-state index contributed by atoms with van der Waals surface area (Å²) in [7, 11) is 1.63. The van der Waals surface area contributed by atoms with Gasteiger partial charge in [-0.15, -0.1) is 0 Å². The molecule has 2 aliphatic heterocycles. The molecule has 6 rings (SSSR count). The Morgan fingerprint density at radius 1 is 0.941 bits per heavy atom. The predicted molar refractivity (Wildman–Crippen MR) is 196 cm³/mol. The van der Waals surface area contributed by atoms with Crippen LogP contribution in [0.3, 0.4) is 0 Å². The number of carboxylic acid groups (broad SMARTS) is 1. The van der Waals surface area contributed by atoms with Crippen LogP contribution < -0.4 is 9.64 Å². The van der Waals surface area contributed by atoms with Gasteiger partial charge in [-0.1, -0.05) is 78.7 Å². The molecule has 2 aliphatic rings. The predicted octanol–water partition coefficient (Wildman–Crippen LogP) is 6.10. The first-order valence-electron chi connectivity index (χ1n) is 17.6. The van der Waals surface area contributed by atoms with E-state index in [1.165, 1.54) is 0 Å². The van der Waals surface area contributed by atoms with Gasteiger partial charge >= 0.3 is 5.97 Å². The van der Waals surface area contributed by atoms with Crippen LogP contribution in [-0.4, -0.2) is 82.0 Å². The fraction of sp³-hybridized carbons (Fsp3) is 0.375. The number of amides is 2. The summed E-state index contributed by atoms with van der Waals surface area (Å²) in [5.41, 5.74) is 3.80. The Morgan fingerprint density at radius 3 is 2.47 bits per heavy atom. The summed E-state index contributed by atoms with van der Waals surface area (Å²) < 4.78 is 5.52. The molecule has 2 saturated heterocycles. The van der Waals surface area contributed by atoms with Crippen molar-refractivity contribution in [2.75, 3.05) is 38.2 Å². The zero-order valence-corrected chi connectivity index (χ0v) is 29.7. The third kappa shape index (κ3) is 9.05. The number of carbonyl (C=O) groups excluding carboxylic acids is 2. The van der Waals surface area contributed by atoms with E-state index in [4.69, 9.17) is 26.3 Å². The summed E-state index contributed by atoms with van der Waals surface area (Å²) in [4.78, 5) is 55.1. The lowest BCUT2D eigenvalue weighted by Crippen LogP contribution is -2.45. The molecule has 11 heteroatoms. The van der Waals surface area contributed by atoms with E-state index in [2.05, 4.69) is 9.80 Å². The number of methoxy groups -OCH3 is 1. The number of aryl methyl sites for hydroxylation is 2. The maximum absolute atomic E-state index is 14.2. The van der Waals surface area contributed by atoms with Gasteiger partial charge in [0.2, 0.25) is 11.9 Å². The third-order valence-corrected chi connectivity index (χ3v) is 10.2. The van der Waals surface area contributed by atoms with Crippen LogP contribution in [0.15, 0.2) is 85.1 Å². The Bertz CT molecular complexity index is 1820. The SMILES string of the molecule is COc1ccccc1CC(=O)N1CCCC[C@@H]2CN(c3ncc(C(=O)N(CCC(=O)O)Cc4ccc(Cl)cc4)c(CCc4ccccc4)n3)C[C@H]21. The van der Waals surface area contributed by atoms with E-state index < -0.39 is 5.97 Å². The van der Waals surface area contributed by atoms with Crippen molar-refractivity contribution in [1.29, 1.82) is 0 Å². The summed E-state index contributed by atoms with van der Waals surface area (Å²) in [6.45, 7) is 2.28. The van der Waals surface area contributed by atoms with Crippen molar-refractivity contribution in [3.63, 3.8) is 0 Å². The van der Waals surface area contributed by atoms with E-state index in [1.807, 2.05) is 66.7 Å². The smallest absolute Gasteiger partial charge is 0.305 e. The van der Waals surface area contributed by atoms with E-state index in [0.29, 0.717) is 53.9 Å². The van der Waals surface area contributed by atoms with Gasteiger partial charge in [-0.25, -0.2) is 9.97 Å². The van der Waals surface area contributed by atoms with Crippen molar-refractivity contribution < 1.29 is 24.2 Å². The molecular weight excluding hydrogens is 666 g/mol. The number of carboxylic acids is 1. The van der Waals surface area contributed by atoms with Crippen LogP contribution in [0.1, 0.15) is 58.4 Å². The van der Waals surface area contributed by atoms with Crippen LogP contribution in [0.5, 0.6) is 5.75 Å². The van der Waals surface area contributed by atoms with Crippen molar-refractivity contribution in [2.24, 2.45) is 5.92 Å². The molecule has 2 fully saturated rings. The van der Waals surface area contributed by atoms with Crippen molar-refractivity contribution in [3.8, 4) is 5.75 Å². The fourth-order valence-corrected chi connectivity index (χ4v) is 7.36. The Labute approximate surface area is 304 Å². The Kier molecular flexibility index (Phi) is 11.8. The normalized spacial score (nSPS) is 17.1. The van der Waals surface area contributed by atoms with E-state index >= 15 is 0 Å². The third-order valence-electron chi connectivity index (χ3n) is 9.92. The monoisotopic (exact) mass is 709 g/mol. The number of ether oxygens (including phenoxy) is 1. The van der Waals surface area contributed by atoms with Crippen LogP contribution in [0.2, 0.25) is 5.02 Å². The number of fused-ring (bicyclic) bond motifs is 1. The Balaban J connectivity index is 1.26. The second kappa shape index (κ2) is 16.8. The van der Waals surface area contributed by atoms with Crippen molar-refractivity contribution in [1.82, 2.24) is 19.8 Å². The zero-order chi connectivity index (χ0) is 35.7. The summed E-state index contributed by atoms with van der Waals surface area (Å²) in [5.74, 6) is 0.311. The number of para-hydroxylation sites is 1. The molecule has 10 nitrogen and oxygen atoms in total. The molecule has 0 unspecified atom stereocenters. The van der Waals surface area contributed by atoms with E-state index in [-0.39, 0.29) is 49.7 Å². The summed E-state index contributed by atoms with van der Waals surface area (Å²) in [5, 5.41) is 10.1. The number of likely N-dealkylation sites (tertiary alicyclic amines) is 1. The van der Waals surface area contributed by atoms with Crippen LogP contribution in [0, 0.1) is 5.92 Å². The van der Waals surface area contributed by atoms with E-state index in [0.717, 1.165) is 42.5 Å². The summed E-state index contributed by atoms with van der Waals surface area (Å²) in [6, 6.07) is 24.9. The molecule has 1 aromatic heterocycles. The second-order valence-electron chi connectivity index (χ2n) is 13.3. The molecule has 2 atom stereocenters. The molecule has 3 aromatic carbocycles. The highest BCUT2D eigenvalue weighted by Gasteiger charge is 2.41. The maximum Gasteiger partial charge on any atom is 0.305 e. The van der Waals surface area contributed by atoms with Crippen LogP contribution in [0.4, 0.5) is 5.95 Å². The number of rotatable bonds is 13. The lowest BCUT2D eigenvalue weighted by atomic mass is 9.98. The number of nitrogens with zero attached hydrogens (tertiary/aromatic N) is 5. The average Bonchev–Trinajstić information content (AvgIpc) is 3.46. The van der Waals surface area contributed by atoms with Crippen LogP contribution >= 0.6 is 11.6 Å². The standard InChI is InChI=1S/C40H44ClN5O5/c1-51-36-13-6-5-11-30(36)23-37(47)46-21-8-7-12-31-26-45(27-35(31)46)40-42-24-33(34(43-40)19-16-28-9-3-2-4-10-28)39(50)44(22-20-38(48)49)25-29-14-17-32(41)18-15-29/h2-6,9-11,13-15,17-18,24,31,35H,7-8,12,16,19-23,25-27H2,1H3,(H,48,49)/t31-,35-/m1/s1. The molecule has 4 aromatic rings. The Morgan fingerprint density at radius 2 is 1.71 bits per heavy atom. The van der Waals surface area contributed by atoms with E-state index in [9.17, 15) is 19.5 Å². The van der Waals surface area contributed by atoms with Gasteiger partial charge < -0.3 is 24.5 Å². The molecular formula is C40H44ClN5O5. The highest BCUT2D eigenvalue weighted by atomic mass is 35.5. The van der Waals surface area contributed by atoms with Crippen LogP contribution in [-0.2, 0) is 35.4 Å². The van der Waals surface area contributed by atoms with Gasteiger partial charge in [-0.2, -0.15) is 0 Å². The highest BCUT2D eigenvalue weighted by Crippen LogP contribution is 2.33. The van der Waals surface area contributed by atoms with Gasteiger partial charge in [-0.3, -0.25) is 14.4 Å². The summed E-state index contributed by atoms with van der Waals surface area (Å²) in [6.07, 6.45) is 5.87. The van der Waals surface area contributed by atoms with Gasteiger partial charge in [0.05, 0.1) is 37.3 Å². The highest BCUT2D eigenvalue weighted by molar-refractivity contribution is 6.30. The quantitative estimate of drug-likeness (QED) is 0.177. The number of carbonyl (C=O) groups is 3. The molecule has 0 bridgehead atoms. The topological polar surface area (TPSA) is 116 Å². The van der Waals surface area contributed by atoms with Gasteiger partial charge in [0.25, 0.3) is 5.91 Å². The van der Waals surface area contributed by atoms with Gasteiger partial charge in [-0.05, 0) is 60.9 Å². The fourth-order valence-electron chi connectivity index (χ4n) is 7.23. The number of anilines is 1. The molecule has 0 spiro atoms. The first-order chi connectivity index (χ1) is 24.8. The summed E-state index contributed by atoms with van der Waals surface area (Å²) >= 11 is 6.10. The number of benzene rings is 3. The molecule has 51 heavy (non-hydrogen) atoms. The Hall–Kier alpha value is -4.96. The minimum Gasteiger partial charge on any atom is -0.496 e. The molecule has 0 saturated carbocycles. The first kappa shape index (κ1) is 35.9. The molecule has 1 N–H and O–H groups in total. The van der Waals surface area contributed by atoms with Gasteiger partial charge in [0, 0.05) is 49.5 Å². The first-order valence-corrected chi connectivity index (χ1v) is 18.0. The van der Waals surface area contributed by atoms with Crippen LogP contribution in [0.25, 0.3) is 0 Å².